The van der Waals surface area contributed by atoms with Crippen molar-refractivity contribution < 1.29 is 4.42 Å². The number of anilines is 3. The van der Waals surface area contributed by atoms with Gasteiger partial charge in [0.15, 0.2) is 0 Å². The minimum Gasteiger partial charge on any atom is -0.455 e. The van der Waals surface area contributed by atoms with Gasteiger partial charge in [-0.05, 0) is 138 Å². The lowest BCUT2D eigenvalue weighted by Gasteiger charge is -2.33. The molecule has 4 aliphatic rings. The summed E-state index contributed by atoms with van der Waals surface area (Å²) in [5.41, 5.74) is 28.1. The third-order valence-electron chi connectivity index (χ3n) is 16.7. The first kappa shape index (κ1) is 38.9. The average molecular weight is 882 g/mol. The molecule has 0 saturated carbocycles. The van der Waals surface area contributed by atoms with Gasteiger partial charge in [-0.25, -0.2) is 0 Å². The summed E-state index contributed by atoms with van der Waals surface area (Å²) in [5.74, 6) is 0. The SMILES string of the molecule is CC1(C)c2ccccc2-c2cc3c(cc21)-c1c(N(c2ccc(-c4cccc5c4oc4ccccc45)cc2)c2ccc4c(c2)C2(c5ccccc5-c5ccccc52)c2ccccc2-4)cccc1C3(C)C. The number of hydrogen-bond donors (Lipinski definition) is 0. The highest BCUT2D eigenvalue weighted by molar-refractivity contribution is 6.10. The monoisotopic (exact) mass is 881 g/mol. The number of rotatable bonds is 4. The van der Waals surface area contributed by atoms with Gasteiger partial charge in [-0.3, -0.25) is 0 Å². The zero-order valence-electron chi connectivity index (χ0n) is 39.1. The van der Waals surface area contributed by atoms with Crippen molar-refractivity contribution >= 4 is 39.0 Å². The van der Waals surface area contributed by atoms with Crippen LogP contribution in [-0.2, 0) is 16.2 Å². The zero-order valence-corrected chi connectivity index (χ0v) is 39.1. The minimum atomic E-state index is -0.468. The molecule has 4 aliphatic carbocycles. The zero-order chi connectivity index (χ0) is 46.0. The van der Waals surface area contributed by atoms with Gasteiger partial charge < -0.3 is 9.32 Å². The van der Waals surface area contributed by atoms with Crippen molar-refractivity contribution in [3.05, 3.63) is 257 Å². The third-order valence-corrected chi connectivity index (χ3v) is 16.7. The molecule has 0 bridgehead atoms. The molecule has 1 heterocycles. The Morgan fingerprint density at radius 1 is 0.333 bits per heavy atom. The van der Waals surface area contributed by atoms with E-state index in [1.807, 2.05) is 6.07 Å². The van der Waals surface area contributed by atoms with Crippen LogP contribution in [0.3, 0.4) is 0 Å². The van der Waals surface area contributed by atoms with Crippen LogP contribution in [0.4, 0.5) is 17.1 Å². The van der Waals surface area contributed by atoms with Crippen molar-refractivity contribution in [2.24, 2.45) is 0 Å². The summed E-state index contributed by atoms with van der Waals surface area (Å²) >= 11 is 0. The lowest BCUT2D eigenvalue weighted by atomic mass is 9.70. The summed E-state index contributed by atoms with van der Waals surface area (Å²) in [6, 6.07) is 79.8. The highest BCUT2D eigenvalue weighted by Crippen LogP contribution is 2.64. The summed E-state index contributed by atoms with van der Waals surface area (Å²) in [6.07, 6.45) is 0. The first-order chi connectivity index (χ1) is 33.7. The summed E-state index contributed by atoms with van der Waals surface area (Å²) < 4.78 is 6.58. The van der Waals surface area contributed by atoms with Gasteiger partial charge in [0.05, 0.1) is 11.1 Å². The topological polar surface area (TPSA) is 16.4 Å². The molecule has 2 heteroatoms. The molecule has 69 heavy (non-hydrogen) atoms. The van der Waals surface area contributed by atoms with Crippen LogP contribution in [0.2, 0.25) is 0 Å². The lowest BCUT2D eigenvalue weighted by molar-refractivity contribution is 0.652. The van der Waals surface area contributed by atoms with Crippen molar-refractivity contribution in [3.8, 4) is 55.6 Å². The van der Waals surface area contributed by atoms with Gasteiger partial charge in [-0.2, -0.15) is 0 Å². The highest BCUT2D eigenvalue weighted by atomic mass is 16.3. The second-order valence-electron chi connectivity index (χ2n) is 20.7. The standard InChI is InChI=1S/C67H47NO/c1-65(2)53-24-10-5-20-47(53)51-38-59-52(39-58(51)65)63-57(66(59,3)4)28-16-29-61(63)68(41-33-31-40(32-34-41)43-22-15-23-50-49-21-9-14-30-62(49)69-64(43)50)42-35-36-48-46-19-8-13-27-56(46)67(60(48)37-42)54-25-11-6-17-44(54)45-18-7-12-26-55(45)67/h5-39H,1-4H3. The Hall–Kier alpha value is -8.20. The largest absolute Gasteiger partial charge is 0.455 e. The fraction of sp³-hybridized carbons (Fsp3) is 0.104. The Morgan fingerprint density at radius 2 is 0.826 bits per heavy atom. The molecule has 1 aromatic heterocycles. The minimum absolute atomic E-state index is 0.127. The maximum Gasteiger partial charge on any atom is 0.143 e. The summed E-state index contributed by atoms with van der Waals surface area (Å²) in [7, 11) is 0. The van der Waals surface area contributed by atoms with E-state index >= 15 is 0 Å². The molecule has 326 valence electrons. The summed E-state index contributed by atoms with van der Waals surface area (Å²) in [5, 5.41) is 2.27. The van der Waals surface area contributed by atoms with Crippen LogP contribution >= 0.6 is 0 Å². The van der Waals surface area contributed by atoms with E-state index in [9.17, 15) is 0 Å². The number of para-hydroxylation sites is 2. The Balaban J connectivity index is 0.980. The van der Waals surface area contributed by atoms with E-state index in [0.29, 0.717) is 0 Å². The Kier molecular flexibility index (Phi) is 7.60. The van der Waals surface area contributed by atoms with Crippen molar-refractivity contribution in [2.45, 2.75) is 43.9 Å². The number of nitrogens with zero attached hydrogens (tertiary/aromatic N) is 1. The van der Waals surface area contributed by atoms with E-state index in [1.54, 1.807) is 0 Å². The van der Waals surface area contributed by atoms with E-state index in [4.69, 9.17) is 4.42 Å². The molecule has 10 aromatic carbocycles. The van der Waals surface area contributed by atoms with Crippen molar-refractivity contribution in [1.29, 1.82) is 0 Å². The first-order valence-corrected chi connectivity index (χ1v) is 24.4. The van der Waals surface area contributed by atoms with Crippen LogP contribution in [0, 0.1) is 0 Å². The van der Waals surface area contributed by atoms with E-state index in [1.165, 1.54) is 94.7 Å². The molecule has 0 aliphatic heterocycles. The molecule has 1 spiro atoms. The maximum absolute atomic E-state index is 6.58. The second kappa shape index (κ2) is 13.5. The van der Waals surface area contributed by atoms with Crippen LogP contribution in [0.1, 0.15) is 72.2 Å². The van der Waals surface area contributed by atoms with Crippen LogP contribution in [0.5, 0.6) is 0 Å². The Morgan fingerprint density at radius 3 is 1.52 bits per heavy atom. The smallest absolute Gasteiger partial charge is 0.143 e. The van der Waals surface area contributed by atoms with E-state index in [2.05, 4.69) is 239 Å². The first-order valence-electron chi connectivity index (χ1n) is 24.4. The van der Waals surface area contributed by atoms with Gasteiger partial charge in [-0.1, -0.05) is 191 Å². The maximum atomic E-state index is 6.58. The molecular weight excluding hydrogens is 835 g/mol. The fourth-order valence-corrected chi connectivity index (χ4v) is 13.6. The molecule has 0 amide bonds. The van der Waals surface area contributed by atoms with Gasteiger partial charge in [0.2, 0.25) is 0 Å². The van der Waals surface area contributed by atoms with E-state index in [0.717, 1.165) is 44.4 Å². The molecule has 0 atom stereocenters. The molecule has 0 radical (unpaired) electrons. The van der Waals surface area contributed by atoms with Crippen molar-refractivity contribution in [2.75, 3.05) is 4.90 Å². The lowest BCUT2D eigenvalue weighted by Crippen LogP contribution is -2.26. The van der Waals surface area contributed by atoms with E-state index in [-0.39, 0.29) is 10.8 Å². The number of furan rings is 1. The predicted molar refractivity (Wildman–Crippen MR) is 285 cm³/mol. The van der Waals surface area contributed by atoms with Gasteiger partial charge in [0, 0.05) is 44.1 Å². The molecule has 0 unspecified atom stereocenters. The van der Waals surface area contributed by atoms with Crippen LogP contribution in [0.25, 0.3) is 77.6 Å². The summed E-state index contributed by atoms with van der Waals surface area (Å²) in [6.45, 7) is 9.63. The third kappa shape index (κ3) is 4.91. The quantitative estimate of drug-likeness (QED) is 0.175. The number of hydrogen-bond acceptors (Lipinski definition) is 2. The highest BCUT2D eigenvalue weighted by Gasteiger charge is 2.52. The van der Waals surface area contributed by atoms with Gasteiger partial charge >= 0.3 is 0 Å². The molecular formula is C67H47NO. The Labute approximate surface area is 402 Å². The van der Waals surface area contributed by atoms with Crippen LogP contribution in [-0.4, -0.2) is 0 Å². The second-order valence-corrected chi connectivity index (χ2v) is 20.7. The molecule has 15 rings (SSSR count). The normalized spacial score (nSPS) is 15.3. The van der Waals surface area contributed by atoms with E-state index < -0.39 is 5.41 Å². The number of benzene rings is 10. The Bertz CT molecular complexity index is 3970. The van der Waals surface area contributed by atoms with Gasteiger partial charge in [-0.15, -0.1) is 0 Å². The molecule has 0 N–H and O–H groups in total. The van der Waals surface area contributed by atoms with Gasteiger partial charge in [0.25, 0.3) is 0 Å². The van der Waals surface area contributed by atoms with Crippen LogP contribution in [0.15, 0.2) is 217 Å². The van der Waals surface area contributed by atoms with Crippen molar-refractivity contribution in [1.82, 2.24) is 0 Å². The fourth-order valence-electron chi connectivity index (χ4n) is 13.6. The summed E-state index contributed by atoms with van der Waals surface area (Å²) in [4.78, 5) is 2.55. The molecule has 0 fully saturated rings. The predicted octanol–water partition coefficient (Wildman–Crippen LogP) is 17.7. The van der Waals surface area contributed by atoms with Crippen molar-refractivity contribution in [3.63, 3.8) is 0 Å². The molecule has 2 nitrogen and oxygen atoms in total. The molecule has 0 saturated heterocycles. The number of fused-ring (bicyclic) bond motifs is 19. The average Bonchev–Trinajstić information content (AvgIpc) is 4.13. The molecule has 11 aromatic rings. The van der Waals surface area contributed by atoms with Crippen LogP contribution < -0.4 is 4.90 Å². The van der Waals surface area contributed by atoms with Gasteiger partial charge in [0.1, 0.15) is 11.2 Å².